The number of carbonyl (C=O) groups excluding carboxylic acids is 1. The second kappa shape index (κ2) is 7.97. The lowest BCUT2D eigenvalue weighted by Gasteiger charge is -2.41. The van der Waals surface area contributed by atoms with E-state index in [1.54, 1.807) is 12.4 Å². The third-order valence-electron chi connectivity index (χ3n) is 8.13. The molecule has 1 aromatic heterocycles. The predicted octanol–water partition coefficient (Wildman–Crippen LogP) is 2.66. The van der Waals surface area contributed by atoms with Gasteiger partial charge in [0.1, 0.15) is 6.10 Å². The Hall–Kier alpha value is -2.35. The van der Waals surface area contributed by atoms with Crippen molar-refractivity contribution in [3.05, 3.63) is 24.5 Å². The molecule has 2 N–H and O–H groups in total. The smallest absolute Gasteiger partial charge is 0.410 e. The van der Waals surface area contributed by atoms with E-state index in [2.05, 4.69) is 9.88 Å². The van der Waals surface area contributed by atoms with Crippen molar-refractivity contribution in [2.75, 3.05) is 18.0 Å². The highest BCUT2D eigenvalue weighted by molar-refractivity contribution is 5.72. The van der Waals surface area contributed by atoms with Gasteiger partial charge in [0.2, 0.25) is 0 Å². The molecule has 2 saturated carbocycles. The average Bonchev–Trinajstić information content (AvgIpc) is 3.33. The number of nitrogens with zero attached hydrogens (tertiary/aromatic N) is 3. The molecule has 168 valence electrons. The first-order valence-corrected chi connectivity index (χ1v) is 11.6. The number of hydrogen-bond donors (Lipinski definition) is 2. The lowest BCUT2D eigenvalue weighted by atomic mass is 9.71. The van der Waals surface area contributed by atoms with E-state index in [1.165, 1.54) is 0 Å². The standard InChI is InChI=1S/C23H31N3O5/c27-21(28)15-3-9-23(30,10-4-15)18-1-2-19-20(18)31-22(29)26(19)17-7-13-25(14-8-17)16-5-11-24-12-6-16/h5-6,11-12,15,17-20,30H,1-4,7-10,13-14H2,(H,27,28). The van der Waals surface area contributed by atoms with Crippen molar-refractivity contribution in [1.82, 2.24) is 9.88 Å². The number of carbonyl (C=O) groups is 2. The fraction of sp³-hybridized carbons (Fsp3) is 0.696. The molecule has 3 atom stereocenters. The van der Waals surface area contributed by atoms with Gasteiger partial charge in [-0.15, -0.1) is 0 Å². The normalized spacial score (nSPS) is 36.4. The summed E-state index contributed by atoms with van der Waals surface area (Å²) in [4.78, 5) is 32.5. The van der Waals surface area contributed by atoms with Crippen LogP contribution in [0.1, 0.15) is 51.4 Å². The third-order valence-corrected chi connectivity index (χ3v) is 8.13. The molecule has 2 saturated heterocycles. The molecule has 31 heavy (non-hydrogen) atoms. The maximum absolute atomic E-state index is 12.8. The molecule has 1 amide bonds. The van der Waals surface area contributed by atoms with Crippen LogP contribution >= 0.6 is 0 Å². The topological polar surface area (TPSA) is 103 Å². The van der Waals surface area contributed by atoms with E-state index in [0.29, 0.717) is 25.7 Å². The summed E-state index contributed by atoms with van der Waals surface area (Å²) in [5.41, 5.74) is 0.238. The van der Waals surface area contributed by atoms with Gasteiger partial charge in [-0.1, -0.05) is 0 Å². The number of fused-ring (bicyclic) bond motifs is 1. The Bertz CT molecular complexity index is 818. The van der Waals surface area contributed by atoms with Crippen LogP contribution in [0, 0.1) is 11.8 Å². The molecule has 2 aliphatic carbocycles. The Kier molecular flexibility index (Phi) is 5.28. The van der Waals surface area contributed by atoms with Crippen LogP contribution in [0.15, 0.2) is 24.5 Å². The minimum absolute atomic E-state index is 0.0243. The quantitative estimate of drug-likeness (QED) is 0.758. The van der Waals surface area contributed by atoms with Gasteiger partial charge >= 0.3 is 12.1 Å². The summed E-state index contributed by atoms with van der Waals surface area (Å²) >= 11 is 0. The van der Waals surface area contributed by atoms with Gasteiger partial charge in [-0.2, -0.15) is 0 Å². The number of aliphatic hydroxyl groups is 1. The number of hydrogen-bond acceptors (Lipinski definition) is 6. The Morgan fingerprint density at radius 3 is 2.39 bits per heavy atom. The Labute approximate surface area is 182 Å². The van der Waals surface area contributed by atoms with Crippen molar-refractivity contribution in [2.24, 2.45) is 11.8 Å². The van der Waals surface area contributed by atoms with Gasteiger partial charge in [0.15, 0.2) is 0 Å². The minimum Gasteiger partial charge on any atom is -0.481 e. The summed E-state index contributed by atoms with van der Waals surface area (Å²) in [6.07, 6.45) is 8.47. The fourth-order valence-corrected chi connectivity index (χ4v) is 6.40. The zero-order valence-electron chi connectivity index (χ0n) is 17.7. The van der Waals surface area contributed by atoms with Gasteiger partial charge in [0.25, 0.3) is 0 Å². The summed E-state index contributed by atoms with van der Waals surface area (Å²) in [7, 11) is 0. The van der Waals surface area contributed by atoms with Crippen LogP contribution < -0.4 is 4.90 Å². The number of carboxylic acid groups (broad SMARTS) is 1. The van der Waals surface area contributed by atoms with Crippen LogP contribution in [-0.2, 0) is 9.53 Å². The van der Waals surface area contributed by atoms with Gasteiger partial charge in [0.05, 0.1) is 17.6 Å². The molecule has 5 rings (SSSR count). The molecule has 2 aliphatic heterocycles. The van der Waals surface area contributed by atoms with E-state index in [-0.39, 0.29) is 36.1 Å². The third kappa shape index (κ3) is 3.64. The van der Waals surface area contributed by atoms with Crippen LogP contribution in [0.25, 0.3) is 0 Å². The van der Waals surface area contributed by atoms with Crippen LogP contribution in [0.3, 0.4) is 0 Å². The van der Waals surface area contributed by atoms with Gasteiger partial charge in [-0.05, 0) is 63.5 Å². The highest BCUT2D eigenvalue weighted by Crippen LogP contribution is 2.49. The number of anilines is 1. The van der Waals surface area contributed by atoms with E-state index in [4.69, 9.17) is 4.74 Å². The molecule has 0 bridgehead atoms. The molecule has 4 fully saturated rings. The molecular formula is C23H31N3O5. The molecule has 1 aromatic rings. The predicted molar refractivity (Wildman–Crippen MR) is 113 cm³/mol. The lowest BCUT2D eigenvalue weighted by Crippen LogP contribution is -2.50. The second-order valence-corrected chi connectivity index (χ2v) is 9.65. The van der Waals surface area contributed by atoms with Crippen LogP contribution in [0.5, 0.6) is 0 Å². The molecule has 3 unspecified atom stereocenters. The first-order chi connectivity index (χ1) is 15.0. The fourth-order valence-electron chi connectivity index (χ4n) is 6.40. The summed E-state index contributed by atoms with van der Waals surface area (Å²) in [5, 5.41) is 20.6. The number of aliphatic carboxylic acids is 1. The Morgan fingerprint density at radius 1 is 1.06 bits per heavy atom. The van der Waals surface area contributed by atoms with Crippen LogP contribution in [-0.4, -0.2) is 69.0 Å². The molecule has 3 heterocycles. The number of piperidine rings is 1. The van der Waals surface area contributed by atoms with Crippen LogP contribution in [0.4, 0.5) is 10.5 Å². The van der Waals surface area contributed by atoms with Crippen molar-refractivity contribution in [1.29, 1.82) is 0 Å². The van der Waals surface area contributed by atoms with Crippen molar-refractivity contribution < 1.29 is 24.5 Å². The number of aromatic nitrogens is 1. The highest BCUT2D eigenvalue weighted by Gasteiger charge is 2.58. The number of amides is 1. The number of pyridine rings is 1. The van der Waals surface area contributed by atoms with Gasteiger partial charge in [0, 0.05) is 43.1 Å². The monoisotopic (exact) mass is 429 g/mol. The first kappa shape index (κ1) is 20.5. The van der Waals surface area contributed by atoms with Gasteiger partial charge in [-0.3, -0.25) is 14.7 Å². The molecule has 8 heteroatoms. The number of carboxylic acids is 1. The maximum atomic E-state index is 12.8. The largest absolute Gasteiger partial charge is 0.481 e. The van der Waals surface area contributed by atoms with E-state index >= 15 is 0 Å². The SMILES string of the molecule is O=C(O)C1CCC(O)(C2CCC3C2OC(=O)N3C2CCN(c3ccncc3)CC2)CC1. The zero-order valence-corrected chi connectivity index (χ0v) is 17.7. The number of rotatable bonds is 4. The summed E-state index contributed by atoms with van der Waals surface area (Å²) in [5.74, 6) is -1.24. The molecule has 0 spiro atoms. The van der Waals surface area contributed by atoms with Crippen molar-refractivity contribution in [2.45, 2.75) is 75.2 Å². The van der Waals surface area contributed by atoms with E-state index < -0.39 is 11.6 Å². The second-order valence-electron chi connectivity index (χ2n) is 9.65. The molecular weight excluding hydrogens is 398 g/mol. The van der Waals surface area contributed by atoms with Gasteiger partial charge < -0.3 is 19.8 Å². The first-order valence-electron chi connectivity index (χ1n) is 11.6. The molecule has 4 aliphatic rings. The summed E-state index contributed by atoms with van der Waals surface area (Å²) < 4.78 is 5.86. The van der Waals surface area contributed by atoms with Gasteiger partial charge in [-0.25, -0.2) is 4.79 Å². The Balaban J connectivity index is 1.23. The maximum Gasteiger partial charge on any atom is 0.410 e. The zero-order chi connectivity index (χ0) is 21.6. The van der Waals surface area contributed by atoms with Crippen molar-refractivity contribution in [3.63, 3.8) is 0 Å². The minimum atomic E-state index is -0.924. The number of ether oxygens (including phenoxy) is 1. The molecule has 0 radical (unpaired) electrons. The van der Waals surface area contributed by atoms with E-state index in [9.17, 15) is 19.8 Å². The van der Waals surface area contributed by atoms with E-state index in [0.717, 1.165) is 44.5 Å². The lowest BCUT2D eigenvalue weighted by molar-refractivity contribution is -0.147. The van der Waals surface area contributed by atoms with Crippen LogP contribution in [0.2, 0.25) is 0 Å². The van der Waals surface area contributed by atoms with Crippen molar-refractivity contribution in [3.8, 4) is 0 Å². The Morgan fingerprint density at radius 2 is 1.74 bits per heavy atom. The van der Waals surface area contributed by atoms with Crippen molar-refractivity contribution >= 4 is 17.7 Å². The highest BCUT2D eigenvalue weighted by atomic mass is 16.6. The molecule has 0 aromatic carbocycles. The summed E-state index contributed by atoms with van der Waals surface area (Å²) in [6, 6.07) is 4.22. The average molecular weight is 430 g/mol. The van der Waals surface area contributed by atoms with E-state index in [1.807, 2.05) is 17.0 Å². The summed E-state index contributed by atoms with van der Waals surface area (Å²) in [6.45, 7) is 1.78. The molecule has 8 nitrogen and oxygen atoms in total.